The fourth-order valence-corrected chi connectivity index (χ4v) is 2.69. The monoisotopic (exact) mass is 368 g/mol. The number of ether oxygens (including phenoxy) is 4. The summed E-state index contributed by atoms with van der Waals surface area (Å²) >= 11 is 0. The lowest BCUT2D eigenvalue weighted by molar-refractivity contribution is -0.128. The van der Waals surface area contributed by atoms with Gasteiger partial charge < -0.3 is 23.5 Å². The molecule has 1 aromatic heterocycles. The van der Waals surface area contributed by atoms with Crippen LogP contribution in [-0.4, -0.2) is 36.8 Å². The quantitative estimate of drug-likeness (QED) is 0.378. The standard InChI is InChI=1S/C20H20N2O5/c1-22-12-21-15-11-14(6-7-16(15)22)27-19(23)8-5-13-9-17(24-2)20(26-4)18(10-13)25-3/h5-12H,1-4H3. The summed E-state index contributed by atoms with van der Waals surface area (Å²) in [5, 5.41) is 0. The first-order valence-electron chi connectivity index (χ1n) is 8.16. The number of carbonyl (C=O) groups excluding carboxylic acids is 1. The second-order valence-corrected chi connectivity index (χ2v) is 5.72. The van der Waals surface area contributed by atoms with Gasteiger partial charge >= 0.3 is 5.97 Å². The van der Waals surface area contributed by atoms with Gasteiger partial charge in [0.1, 0.15) is 5.75 Å². The van der Waals surface area contributed by atoms with Crippen molar-refractivity contribution in [1.29, 1.82) is 0 Å². The van der Waals surface area contributed by atoms with Gasteiger partial charge in [0.25, 0.3) is 0 Å². The maximum Gasteiger partial charge on any atom is 0.336 e. The summed E-state index contributed by atoms with van der Waals surface area (Å²) in [6.07, 6.45) is 4.66. The van der Waals surface area contributed by atoms with Gasteiger partial charge in [-0.05, 0) is 35.9 Å². The molecule has 0 saturated heterocycles. The van der Waals surface area contributed by atoms with E-state index >= 15 is 0 Å². The van der Waals surface area contributed by atoms with Crippen LogP contribution >= 0.6 is 0 Å². The van der Waals surface area contributed by atoms with Crippen LogP contribution in [0.2, 0.25) is 0 Å². The van der Waals surface area contributed by atoms with Crippen LogP contribution in [0.3, 0.4) is 0 Å². The summed E-state index contributed by atoms with van der Waals surface area (Å²) < 4.78 is 23.1. The van der Waals surface area contributed by atoms with E-state index in [1.54, 1.807) is 36.7 Å². The molecule has 0 radical (unpaired) electrons. The van der Waals surface area contributed by atoms with Crippen molar-refractivity contribution in [2.24, 2.45) is 7.05 Å². The number of aryl methyl sites for hydroxylation is 1. The van der Waals surface area contributed by atoms with E-state index in [0.29, 0.717) is 28.6 Å². The third kappa shape index (κ3) is 3.87. The number of aromatic nitrogens is 2. The summed E-state index contributed by atoms with van der Waals surface area (Å²) in [4.78, 5) is 16.4. The number of rotatable bonds is 6. The van der Waals surface area contributed by atoms with Crippen LogP contribution < -0.4 is 18.9 Å². The lowest BCUT2D eigenvalue weighted by Gasteiger charge is -2.12. The molecule has 7 heteroatoms. The molecule has 0 unspecified atom stereocenters. The van der Waals surface area contributed by atoms with Crippen molar-refractivity contribution in [3.05, 3.63) is 48.3 Å². The molecule has 1 heterocycles. The molecule has 140 valence electrons. The molecule has 0 amide bonds. The topological polar surface area (TPSA) is 71.8 Å². The number of carbonyl (C=O) groups is 1. The van der Waals surface area contributed by atoms with Gasteiger partial charge in [-0.15, -0.1) is 0 Å². The minimum Gasteiger partial charge on any atom is -0.493 e. The van der Waals surface area contributed by atoms with Crippen LogP contribution in [0.5, 0.6) is 23.0 Å². The Morgan fingerprint density at radius 3 is 2.37 bits per heavy atom. The molecule has 0 aliphatic heterocycles. The van der Waals surface area contributed by atoms with Crippen LogP contribution in [0.4, 0.5) is 0 Å². The molecule has 27 heavy (non-hydrogen) atoms. The first kappa shape index (κ1) is 18.3. The lowest BCUT2D eigenvalue weighted by Crippen LogP contribution is -2.03. The minimum absolute atomic E-state index is 0.431. The van der Waals surface area contributed by atoms with Gasteiger partial charge in [0, 0.05) is 19.2 Å². The van der Waals surface area contributed by atoms with E-state index in [1.807, 2.05) is 17.7 Å². The predicted octanol–water partition coefficient (Wildman–Crippen LogP) is 3.22. The van der Waals surface area contributed by atoms with Gasteiger partial charge in [-0.1, -0.05) is 0 Å². The first-order chi connectivity index (χ1) is 13.0. The molecule has 0 spiro atoms. The zero-order chi connectivity index (χ0) is 19.4. The molecule has 0 N–H and O–H groups in total. The molecule has 2 aromatic carbocycles. The van der Waals surface area contributed by atoms with E-state index < -0.39 is 5.97 Å². The molecule has 0 aliphatic carbocycles. The molecule has 0 fully saturated rings. The SMILES string of the molecule is COc1cc(C=CC(=O)Oc2ccc3c(c2)ncn3C)cc(OC)c1OC. The number of fused-ring (bicyclic) bond motifs is 1. The number of imidazole rings is 1. The highest BCUT2D eigenvalue weighted by Crippen LogP contribution is 2.38. The van der Waals surface area contributed by atoms with Crippen LogP contribution in [0.1, 0.15) is 5.56 Å². The Labute approximate surface area is 156 Å². The van der Waals surface area contributed by atoms with Crippen molar-refractivity contribution < 1.29 is 23.7 Å². The summed E-state index contributed by atoms with van der Waals surface area (Å²) in [7, 11) is 6.51. The molecular weight excluding hydrogens is 348 g/mol. The molecule has 3 aromatic rings. The number of hydrogen-bond donors (Lipinski definition) is 0. The van der Waals surface area contributed by atoms with Gasteiger partial charge in [0.2, 0.25) is 5.75 Å². The lowest BCUT2D eigenvalue weighted by atomic mass is 10.1. The van der Waals surface area contributed by atoms with Gasteiger partial charge in [-0.25, -0.2) is 9.78 Å². The average molecular weight is 368 g/mol. The van der Waals surface area contributed by atoms with Crippen molar-refractivity contribution in [3.63, 3.8) is 0 Å². The van der Waals surface area contributed by atoms with Crippen LogP contribution in [0, 0.1) is 0 Å². The maximum absolute atomic E-state index is 12.1. The Morgan fingerprint density at radius 2 is 1.74 bits per heavy atom. The van der Waals surface area contributed by atoms with Crippen molar-refractivity contribution >= 4 is 23.1 Å². The second kappa shape index (κ2) is 7.82. The Bertz CT molecular complexity index is 982. The van der Waals surface area contributed by atoms with E-state index in [4.69, 9.17) is 18.9 Å². The van der Waals surface area contributed by atoms with Crippen LogP contribution in [0.25, 0.3) is 17.1 Å². The number of esters is 1. The van der Waals surface area contributed by atoms with Gasteiger partial charge in [-0.3, -0.25) is 0 Å². The fourth-order valence-electron chi connectivity index (χ4n) is 2.69. The summed E-state index contributed by atoms with van der Waals surface area (Å²) in [6.45, 7) is 0. The van der Waals surface area contributed by atoms with Crippen LogP contribution in [0.15, 0.2) is 42.7 Å². The zero-order valence-electron chi connectivity index (χ0n) is 15.6. The summed E-state index contributed by atoms with van der Waals surface area (Å²) in [5.41, 5.74) is 2.43. The Balaban J connectivity index is 1.77. The third-order valence-electron chi connectivity index (χ3n) is 4.01. The molecule has 0 atom stereocenters. The molecule has 0 aliphatic rings. The number of benzene rings is 2. The van der Waals surface area contributed by atoms with E-state index in [2.05, 4.69) is 4.98 Å². The van der Waals surface area contributed by atoms with Gasteiger partial charge in [0.15, 0.2) is 11.5 Å². The van der Waals surface area contributed by atoms with E-state index in [9.17, 15) is 4.79 Å². The smallest absolute Gasteiger partial charge is 0.336 e. The molecule has 0 bridgehead atoms. The number of methoxy groups -OCH3 is 3. The molecule has 3 rings (SSSR count). The van der Waals surface area contributed by atoms with E-state index in [1.165, 1.54) is 27.4 Å². The van der Waals surface area contributed by atoms with Crippen molar-refractivity contribution in [2.45, 2.75) is 0 Å². The van der Waals surface area contributed by atoms with Crippen molar-refractivity contribution in [1.82, 2.24) is 9.55 Å². The van der Waals surface area contributed by atoms with E-state index in [-0.39, 0.29) is 0 Å². The average Bonchev–Trinajstić information content (AvgIpc) is 3.05. The Kier molecular flexibility index (Phi) is 5.30. The van der Waals surface area contributed by atoms with Crippen LogP contribution in [-0.2, 0) is 11.8 Å². The highest BCUT2D eigenvalue weighted by molar-refractivity contribution is 5.89. The van der Waals surface area contributed by atoms with Crippen molar-refractivity contribution in [2.75, 3.05) is 21.3 Å². The number of nitrogens with zero attached hydrogens (tertiary/aromatic N) is 2. The largest absolute Gasteiger partial charge is 0.493 e. The van der Waals surface area contributed by atoms with E-state index in [0.717, 1.165) is 11.0 Å². The van der Waals surface area contributed by atoms with Crippen molar-refractivity contribution in [3.8, 4) is 23.0 Å². The minimum atomic E-state index is -0.501. The molecular formula is C20H20N2O5. The van der Waals surface area contributed by atoms with Gasteiger partial charge in [0.05, 0.1) is 38.7 Å². The zero-order valence-corrected chi connectivity index (χ0v) is 15.6. The molecule has 0 saturated carbocycles. The third-order valence-corrected chi connectivity index (χ3v) is 4.01. The fraction of sp³-hybridized carbons (Fsp3) is 0.200. The highest BCUT2D eigenvalue weighted by atomic mass is 16.5. The second-order valence-electron chi connectivity index (χ2n) is 5.72. The highest BCUT2D eigenvalue weighted by Gasteiger charge is 2.12. The normalized spacial score (nSPS) is 11.0. The summed E-state index contributed by atoms with van der Waals surface area (Å²) in [6, 6.07) is 8.79. The predicted molar refractivity (Wildman–Crippen MR) is 101 cm³/mol. The Hall–Kier alpha value is -3.48. The maximum atomic E-state index is 12.1. The van der Waals surface area contributed by atoms with Gasteiger partial charge in [-0.2, -0.15) is 0 Å². The molecule has 7 nitrogen and oxygen atoms in total. The summed E-state index contributed by atoms with van der Waals surface area (Å²) in [5.74, 6) is 1.43. The Morgan fingerprint density at radius 1 is 1.04 bits per heavy atom. The first-order valence-corrected chi connectivity index (χ1v) is 8.16. The number of hydrogen-bond acceptors (Lipinski definition) is 6.